The van der Waals surface area contributed by atoms with Gasteiger partial charge >= 0.3 is 660 Å². The SMILES string of the molecule is CC(C)(C)[Si](C)(C)Cl.CCOC(=O)c1ccc(CC2CC[C@H]([C@H](C)c3ccc[n+](O)c3)C2)cc1.CCOC(=O)c1ccc(CC2CC[C@H]([C@H](C)c3cccnc3)C2)cc1.C[C@H](c1cccnc1)[C@H]1CCC(Cc2ccc(I)cc2)C1.C[C@H](c1cccnc1)[C@H]1CCC(Cc2ccc(N)cc2)C1.O[C@H](c1cccnc1)[C@H]1CCC(Cc2ccc(I)cc2)C1.[H-].[H-].[H-].[H-].[K+].[K+].[K+].[K+].[K][K].[K][K].[K][K].[K][K].[K][K].[K][K].[K][K]. The van der Waals surface area contributed by atoms with Crippen molar-refractivity contribution in [2.45, 2.75) is 239 Å². The zero-order chi connectivity index (χ0) is 101. The molecule has 34 heteroatoms. The third kappa shape index (κ3) is 68.9. The van der Waals surface area contributed by atoms with Crippen LogP contribution in [-0.2, 0) is 41.6 Å². The summed E-state index contributed by atoms with van der Waals surface area (Å²) >= 11 is 28.4. The summed E-state index contributed by atoms with van der Waals surface area (Å²) in [6, 6.07) is 62.6. The number of halogens is 3. The van der Waals surface area contributed by atoms with Gasteiger partial charge in [-0.15, -0.1) is 0 Å². The molecule has 672 valence electrons. The molecule has 5 unspecified atom stereocenters. The molecule has 5 aromatic carbocycles. The van der Waals surface area contributed by atoms with Crippen molar-refractivity contribution in [2.24, 2.45) is 59.2 Å². The summed E-state index contributed by atoms with van der Waals surface area (Å²) in [4.78, 5) is 40.4. The second-order valence-corrected chi connectivity index (χ2v) is 46.8. The van der Waals surface area contributed by atoms with E-state index in [1.807, 2.05) is 124 Å². The Morgan fingerprint density at radius 2 is 0.643 bits per heavy atom. The average molecular weight is 2620 g/mol. The first-order valence-electron chi connectivity index (χ1n) is 52.2. The van der Waals surface area contributed by atoms with E-state index in [1.165, 1.54) is 596 Å². The third-order valence-electron chi connectivity index (χ3n) is 27.3. The van der Waals surface area contributed by atoms with E-state index in [9.17, 15) is 19.9 Å². The van der Waals surface area contributed by atoms with Gasteiger partial charge in [-0.3, -0.25) is 25.1 Å². The van der Waals surface area contributed by atoms with Crippen molar-refractivity contribution >= 4 is 523 Å². The molecule has 0 saturated heterocycles. The standard InChI is InChI=1S/C22H28NO3.C22H27NO2.C19H22IN.C19H24N2.C18H20INO.C6H15ClSi.18K.4H/c1-3-26-22(24)19-9-6-17(7-10-19)13-18-8-11-20(14-18)16(2)21-5-4-12-23(25)15-21;1-3-25-22(24)19-9-6-17(7-10-19)13-18-8-11-20(14-18)16(2)21-5-4-12-23-15-21;2*1-14(18-3-2-10-21-13-18)17-7-4-16(12-17)11-15-5-8-19(20)9-6-15;19-17-7-4-13(5-8-17)10-14-3-6-15(11-14)18(21)16-2-1-9-20-12-16;1-6(2,3)8(4,5)7;;;;;;;;;;;;;;;;;;;;;;/h4-7,9-10,12,15-16,18,20,25H,3,8,11,13-14H2,1-2H3;4-7,9-10,12,15-16,18,20H,3,8,11,13-14H2,1-2H3;2-3,5-6,8-10,13-14,16-17H,4,7,11-12H2,1H3;2-3,5-6,8-10,13-14,16-17H,4,7,11-12,20H2,1H3;1-2,4-5,7-9,12,14-15,18,21H,3,6,10-11H2;1-5H3;;;;;;;;;;;;;;;;;;;;;;/q+1;;;;;;;;;;;;;;;;;;;;4*+1;4*-1/t2*16-,18?,20-;2*14-,16?,17-;14?,15-,18-;;;;;;;;;;;;;;;;;;;;;;;/m00000......................./s1. The Morgan fingerprint density at radius 1 is 0.407 bits per heavy atom. The average Bonchev–Trinajstić information content (AvgIpc) is 1.45. The fourth-order valence-electron chi connectivity index (χ4n) is 18.7. The number of carbonyl (C=O) groups excluding carboxylic acids is 2. The number of nitrogens with zero attached hydrogens (tertiary/aromatic N) is 5. The van der Waals surface area contributed by atoms with Crippen LogP contribution in [0.25, 0.3) is 0 Å². The molecule has 5 aliphatic rings. The first kappa shape index (κ1) is 164. The molecule has 0 bridgehead atoms. The van der Waals surface area contributed by atoms with E-state index in [1.54, 1.807) is 18.6 Å². The number of hydrogen-bond acceptors (Lipinski definition) is 11. The van der Waals surface area contributed by atoms with Crippen LogP contribution in [0.1, 0.15) is 270 Å². The minimum atomic E-state index is -1.39. The van der Waals surface area contributed by atoms with Crippen molar-refractivity contribution < 1.29 is 245 Å². The van der Waals surface area contributed by atoms with Crippen LogP contribution in [-0.4, -0.2) is 505 Å². The topological polar surface area (TPSA) is 175 Å². The Kier molecular flexibility index (Phi) is 119. The number of ether oxygens (including phenoxy) is 2. The van der Waals surface area contributed by atoms with Gasteiger partial charge in [0.15, 0.2) is 7.38 Å². The summed E-state index contributed by atoms with van der Waals surface area (Å²) in [5.41, 5.74) is 21.1. The first-order chi connectivity index (χ1) is 65.6. The molecule has 12 nitrogen and oxygen atoms in total. The Bertz CT molecular complexity index is 4520. The molecule has 10 aromatic rings. The number of benzene rings is 5. The molecule has 5 heterocycles. The quantitative estimate of drug-likeness (QED) is 0.01000. The molecule has 0 aliphatic heterocycles. The zero-order valence-corrected chi connectivity index (χ0v) is 155. The molecule has 5 aromatic heterocycles. The number of anilines is 1. The molecule has 0 radical (unpaired) electrons. The predicted octanol–water partition coefficient (Wildman–Crippen LogP) is 9.79. The molecule has 5 saturated carbocycles. The first-order valence-corrected chi connectivity index (χ1v) is 170. The maximum absolute atomic E-state index is 11.7. The van der Waals surface area contributed by atoms with E-state index in [2.05, 4.69) is 242 Å². The molecule has 15 atom stereocenters. The molecule has 0 amide bonds. The molecular formula is C106H140ClI2K18N6O6Si+. The van der Waals surface area contributed by atoms with Gasteiger partial charge in [0.25, 0.3) is 0 Å². The van der Waals surface area contributed by atoms with Gasteiger partial charge in [-0.2, -0.15) is 11.1 Å². The molecule has 140 heavy (non-hydrogen) atoms. The van der Waals surface area contributed by atoms with Gasteiger partial charge < -0.3 is 26.0 Å². The van der Waals surface area contributed by atoms with Crippen LogP contribution >= 0.6 is 56.3 Å². The number of hydrogen-bond donors (Lipinski definition) is 3. The third-order valence-corrected chi connectivity index (χ3v) is 34.0. The van der Waals surface area contributed by atoms with E-state index < -0.39 is 7.38 Å². The van der Waals surface area contributed by atoms with Gasteiger partial charge in [-0.25, -0.2) is 9.59 Å². The number of esters is 2. The Balaban J connectivity index is -0.000000388. The van der Waals surface area contributed by atoms with Crippen molar-refractivity contribution in [1.29, 1.82) is 0 Å². The Labute approximate surface area is 1370 Å². The molecule has 5 aliphatic carbocycles. The van der Waals surface area contributed by atoms with Crippen molar-refractivity contribution in [1.82, 2.24) is 19.9 Å². The van der Waals surface area contributed by atoms with Gasteiger partial charge in [0.2, 0.25) is 12.4 Å². The summed E-state index contributed by atoms with van der Waals surface area (Å²) in [5.74, 6) is 8.98. The number of nitrogen functional groups attached to an aromatic ring is 1. The second kappa shape index (κ2) is 102. The van der Waals surface area contributed by atoms with Crippen LogP contribution in [0, 0.1) is 66.3 Å². The van der Waals surface area contributed by atoms with Crippen LogP contribution in [0.15, 0.2) is 244 Å². The second-order valence-electron chi connectivity index (χ2n) is 37.0. The van der Waals surface area contributed by atoms with Crippen molar-refractivity contribution in [3.63, 3.8) is 0 Å². The van der Waals surface area contributed by atoms with Crippen molar-refractivity contribution in [3.8, 4) is 0 Å². The number of aliphatic hydroxyl groups excluding tert-OH is 1. The molecule has 5 fully saturated rings. The van der Waals surface area contributed by atoms with Crippen LogP contribution in [0.2, 0.25) is 18.1 Å². The number of nitrogens with two attached hydrogens (primary N) is 1. The molecular weight excluding hydrogens is 2470 g/mol. The van der Waals surface area contributed by atoms with E-state index >= 15 is 0 Å². The molecule has 0 spiro atoms. The van der Waals surface area contributed by atoms with Gasteiger partial charge in [0.1, 0.15) is 0 Å². The van der Waals surface area contributed by atoms with Gasteiger partial charge in [0.05, 0.1) is 30.4 Å². The Hall–Kier alpha value is 21.8. The van der Waals surface area contributed by atoms with E-state index in [0.717, 1.165) is 83.6 Å². The number of pyridine rings is 5. The molecule has 4 N–H and O–H groups in total. The fourth-order valence-corrected chi connectivity index (χ4v) is 19.5. The summed E-state index contributed by atoms with van der Waals surface area (Å²) in [6.45, 7) is 24.7. The van der Waals surface area contributed by atoms with Crippen molar-refractivity contribution in [2.75, 3.05) is 18.9 Å². The van der Waals surface area contributed by atoms with Gasteiger partial charge in [-0.05, 0) is 416 Å². The van der Waals surface area contributed by atoms with Crippen LogP contribution in [0.5, 0.6) is 0 Å². The normalized spacial score (nSPS) is 19.2. The summed E-state index contributed by atoms with van der Waals surface area (Å²) in [5, 5.41) is 20.5. The summed E-state index contributed by atoms with van der Waals surface area (Å²) in [7, 11) is -1.39. The maximum atomic E-state index is 11.7. The van der Waals surface area contributed by atoms with E-state index in [4.69, 9.17) is 26.3 Å². The zero-order valence-electron chi connectivity index (χ0n) is 96.3. The Morgan fingerprint density at radius 3 is 0.893 bits per heavy atom. The van der Waals surface area contributed by atoms with Crippen LogP contribution in [0.4, 0.5) is 5.69 Å². The van der Waals surface area contributed by atoms with E-state index in [0.29, 0.717) is 76.7 Å². The van der Waals surface area contributed by atoms with Crippen LogP contribution in [0.3, 0.4) is 0 Å². The summed E-state index contributed by atoms with van der Waals surface area (Å²) < 4.78 is 13.8. The van der Waals surface area contributed by atoms with Gasteiger partial charge in [-0.1, -0.05) is 146 Å². The van der Waals surface area contributed by atoms with Gasteiger partial charge in [0, 0.05) is 78.8 Å². The summed E-state index contributed by atoms with van der Waals surface area (Å²) in [6.07, 6.45) is 43.1. The van der Waals surface area contributed by atoms with Crippen molar-refractivity contribution in [3.05, 3.63) is 318 Å². The van der Waals surface area contributed by atoms with E-state index in [-0.39, 0.29) is 229 Å². The predicted molar refractivity (Wildman–Crippen MR) is 604 cm³/mol. The molecule has 15 rings (SSSR count). The number of carbonyl (C=O) groups is 2. The number of aliphatic hydroxyl groups is 1. The minimum absolute atomic E-state index is 0. The fraction of sp³-hybridized carbons (Fsp3) is 0.462. The van der Waals surface area contributed by atoms with Crippen LogP contribution < -0.4 is 216 Å². The monoisotopic (exact) mass is 2610 g/mol. The number of rotatable bonds is 24. The number of aromatic nitrogens is 5.